The predicted molar refractivity (Wildman–Crippen MR) is 55.7 cm³/mol. The van der Waals surface area contributed by atoms with Crippen molar-refractivity contribution in [2.24, 2.45) is 5.73 Å². The summed E-state index contributed by atoms with van der Waals surface area (Å²) in [6, 6.07) is 0. The highest BCUT2D eigenvalue weighted by Crippen LogP contribution is 2.08. The van der Waals surface area contributed by atoms with E-state index in [0.717, 1.165) is 25.8 Å². The van der Waals surface area contributed by atoms with E-state index in [1.165, 1.54) is 32.1 Å². The topological polar surface area (TPSA) is 64.7 Å². The SMILES string of the molecule is NCCCCCCCCCCOOO. The second kappa shape index (κ2) is 12.8. The van der Waals surface area contributed by atoms with Gasteiger partial charge in [0.05, 0.1) is 6.61 Å². The quantitative estimate of drug-likeness (QED) is 0.309. The van der Waals surface area contributed by atoms with E-state index in [4.69, 9.17) is 11.0 Å². The van der Waals surface area contributed by atoms with E-state index in [0.29, 0.717) is 6.61 Å². The maximum absolute atomic E-state index is 7.86. The number of nitrogens with two attached hydrogens (primary N) is 1. The van der Waals surface area contributed by atoms with Gasteiger partial charge in [-0.05, 0) is 19.4 Å². The highest BCUT2D eigenvalue weighted by molar-refractivity contribution is 4.46. The Morgan fingerprint density at radius 3 is 1.79 bits per heavy atom. The molecule has 3 N–H and O–H groups in total. The predicted octanol–water partition coefficient (Wildman–Crippen LogP) is 2.49. The van der Waals surface area contributed by atoms with E-state index >= 15 is 0 Å². The summed E-state index contributed by atoms with van der Waals surface area (Å²) < 4.78 is 0. The molecule has 86 valence electrons. The fourth-order valence-electron chi connectivity index (χ4n) is 1.40. The Morgan fingerprint density at radius 2 is 1.29 bits per heavy atom. The van der Waals surface area contributed by atoms with Gasteiger partial charge in [-0.2, -0.15) is 0 Å². The molecule has 0 aliphatic heterocycles. The van der Waals surface area contributed by atoms with Gasteiger partial charge in [0.2, 0.25) is 0 Å². The minimum atomic E-state index is 0.476. The summed E-state index contributed by atoms with van der Waals surface area (Å²) in [7, 11) is 0. The monoisotopic (exact) mass is 205 g/mol. The number of unbranched alkanes of at least 4 members (excludes halogenated alkanes) is 7. The van der Waals surface area contributed by atoms with Crippen molar-refractivity contribution in [3.05, 3.63) is 0 Å². The van der Waals surface area contributed by atoms with Crippen LogP contribution in [-0.4, -0.2) is 18.4 Å². The lowest BCUT2D eigenvalue weighted by Crippen LogP contribution is -1.97. The molecule has 14 heavy (non-hydrogen) atoms. The van der Waals surface area contributed by atoms with Gasteiger partial charge >= 0.3 is 0 Å². The Balaban J connectivity index is 2.78. The minimum Gasteiger partial charge on any atom is -0.330 e. The molecule has 0 aromatic heterocycles. The molecule has 0 saturated carbocycles. The van der Waals surface area contributed by atoms with Gasteiger partial charge in [0, 0.05) is 0 Å². The molecule has 0 unspecified atom stereocenters. The van der Waals surface area contributed by atoms with Crippen LogP contribution in [0, 0.1) is 0 Å². The van der Waals surface area contributed by atoms with Gasteiger partial charge in [0.1, 0.15) is 0 Å². The van der Waals surface area contributed by atoms with E-state index in [1.807, 2.05) is 0 Å². The maximum atomic E-state index is 7.86. The molecule has 0 amide bonds. The molecule has 0 spiro atoms. The zero-order chi connectivity index (χ0) is 10.5. The van der Waals surface area contributed by atoms with Crippen molar-refractivity contribution in [1.82, 2.24) is 0 Å². The number of rotatable bonds is 11. The summed E-state index contributed by atoms with van der Waals surface area (Å²) in [6.45, 7) is 1.29. The smallest absolute Gasteiger partial charge is 0.0853 e. The Labute approximate surface area is 86.2 Å². The first-order chi connectivity index (χ1) is 6.91. The molecule has 4 heteroatoms. The lowest BCUT2D eigenvalue weighted by atomic mass is 10.1. The van der Waals surface area contributed by atoms with Crippen molar-refractivity contribution >= 4 is 0 Å². The molecule has 0 aliphatic carbocycles. The van der Waals surface area contributed by atoms with Crippen LogP contribution in [0.5, 0.6) is 0 Å². The van der Waals surface area contributed by atoms with Gasteiger partial charge in [-0.15, -0.1) is 0 Å². The molecule has 0 atom stereocenters. The summed E-state index contributed by atoms with van der Waals surface area (Å²) in [5.41, 5.74) is 5.39. The van der Waals surface area contributed by atoms with Crippen molar-refractivity contribution < 1.29 is 15.2 Å². The molecule has 0 heterocycles. The van der Waals surface area contributed by atoms with Crippen molar-refractivity contribution in [3.8, 4) is 0 Å². The summed E-state index contributed by atoms with van der Waals surface area (Å²) in [6.07, 6.45) is 9.62. The van der Waals surface area contributed by atoms with Crippen LogP contribution in [0.1, 0.15) is 51.4 Å². The lowest BCUT2D eigenvalue weighted by Gasteiger charge is -2.01. The molecule has 0 aliphatic rings. The van der Waals surface area contributed by atoms with Crippen molar-refractivity contribution in [3.63, 3.8) is 0 Å². The summed E-state index contributed by atoms with van der Waals surface area (Å²) in [5.74, 6) is 0. The van der Waals surface area contributed by atoms with E-state index in [9.17, 15) is 0 Å². The highest BCUT2D eigenvalue weighted by atomic mass is 17.5. The normalized spacial score (nSPS) is 10.7. The molecular weight excluding hydrogens is 182 g/mol. The third kappa shape index (κ3) is 11.8. The van der Waals surface area contributed by atoms with Crippen LogP contribution in [0.15, 0.2) is 0 Å². The summed E-state index contributed by atoms with van der Waals surface area (Å²) in [5, 5.41) is 11.4. The van der Waals surface area contributed by atoms with Gasteiger partial charge in [0.15, 0.2) is 0 Å². The Kier molecular flexibility index (Phi) is 12.7. The first-order valence-corrected chi connectivity index (χ1v) is 5.55. The molecule has 0 aromatic rings. The highest BCUT2D eigenvalue weighted by Gasteiger charge is 1.92. The van der Waals surface area contributed by atoms with Gasteiger partial charge in [-0.25, -0.2) is 10.1 Å². The van der Waals surface area contributed by atoms with Crippen molar-refractivity contribution in [2.45, 2.75) is 51.4 Å². The Bertz CT molecular complexity index is 89.4. The average molecular weight is 205 g/mol. The third-order valence-corrected chi connectivity index (χ3v) is 2.23. The van der Waals surface area contributed by atoms with Gasteiger partial charge < -0.3 is 5.73 Å². The minimum absolute atomic E-state index is 0.476. The fraction of sp³-hybridized carbons (Fsp3) is 1.00. The third-order valence-electron chi connectivity index (χ3n) is 2.23. The van der Waals surface area contributed by atoms with E-state index < -0.39 is 0 Å². The fourth-order valence-corrected chi connectivity index (χ4v) is 1.40. The van der Waals surface area contributed by atoms with Gasteiger partial charge in [-0.3, -0.25) is 0 Å². The second-order valence-corrected chi connectivity index (χ2v) is 3.51. The van der Waals surface area contributed by atoms with E-state index in [1.54, 1.807) is 0 Å². The Morgan fingerprint density at radius 1 is 0.786 bits per heavy atom. The molecule has 0 aromatic carbocycles. The molecule has 0 rings (SSSR count). The van der Waals surface area contributed by atoms with E-state index in [-0.39, 0.29) is 0 Å². The van der Waals surface area contributed by atoms with Crippen LogP contribution in [0.2, 0.25) is 0 Å². The van der Waals surface area contributed by atoms with Crippen LogP contribution in [0.25, 0.3) is 0 Å². The molecular formula is C10H23NO3. The number of hydrogen-bond donors (Lipinski definition) is 2. The molecule has 0 saturated heterocycles. The second-order valence-electron chi connectivity index (χ2n) is 3.51. The van der Waals surface area contributed by atoms with Gasteiger partial charge in [0.25, 0.3) is 0 Å². The van der Waals surface area contributed by atoms with Crippen LogP contribution >= 0.6 is 0 Å². The van der Waals surface area contributed by atoms with Crippen LogP contribution in [0.3, 0.4) is 0 Å². The summed E-state index contributed by atoms with van der Waals surface area (Å²) in [4.78, 5) is 4.33. The zero-order valence-corrected chi connectivity index (χ0v) is 8.91. The Hall–Kier alpha value is -0.160. The first kappa shape index (κ1) is 13.8. The van der Waals surface area contributed by atoms with Crippen molar-refractivity contribution in [1.29, 1.82) is 0 Å². The lowest BCUT2D eigenvalue weighted by molar-refractivity contribution is -0.490. The van der Waals surface area contributed by atoms with E-state index in [2.05, 4.69) is 9.93 Å². The zero-order valence-electron chi connectivity index (χ0n) is 8.91. The largest absolute Gasteiger partial charge is 0.330 e. The molecule has 0 bridgehead atoms. The summed E-state index contributed by atoms with van der Waals surface area (Å²) >= 11 is 0. The van der Waals surface area contributed by atoms with Crippen LogP contribution < -0.4 is 5.73 Å². The average Bonchev–Trinajstić information content (AvgIpc) is 2.21. The standard InChI is InChI=1S/C10H23NO3/c11-9-7-5-3-1-2-4-6-8-10-13-14-12/h12H,1-11H2. The van der Waals surface area contributed by atoms with Gasteiger partial charge in [-0.1, -0.05) is 43.6 Å². The van der Waals surface area contributed by atoms with Crippen molar-refractivity contribution in [2.75, 3.05) is 13.2 Å². The maximum Gasteiger partial charge on any atom is 0.0853 e. The molecule has 0 radical (unpaired) electrons. The molecule has 0 fully saturated rings. The van der Waals surface area contributed by atoms with Crippen LogP contribution in [-0.2, 0) is 9.93 Å². The number of hydrogen-bond acceptors (Lipinski definition) is 4. The molecule has 4 nitrogen and oxygen atoms in total. The first-order valence-electron chi connectivity index (χ1n) is 5.55. The van der Waals surface area contributed by atoms with Crippen LogP contribution in [0.4, 0.5) is 0 Å².